The molecule has 6 rings (SSSR count). The zero-order valence-corrected chi connectivity index (χ0v) is 18.5. The number of aryl methyl sites for hydroxylation is 3. The Morgan fingerprint density at radius 3 is 2.70 bits per heavy atom. The molecule has 0 saturated heterocycles. The van der Waals surface area contributed by atoms with Crippen molar-refractivity contribution in [1.82, 2.24) is 29.3 Å². The molecule has 0 unspecified atom stereocenters. The smallest absolute Gasteiger partial charge is 0.271 e. The Balaban J connectivity index is 1.31. The maximum atomic E-state index is 15.2. The number of carbonyl (C=O) groups excluding carboxylic acids is 1. The van der Waals surface area contributed by atoms with Crippen LogP contribution in [0, 0.1) is 19.7 Å². The topological polar surface area (TPSA) is 68.3 Å². The second-order valence-corrected chi connectivity index (χ2v) is 8.65. The van der Waals surface area contributed by atoms with Crippen LogP contribution < -0.4 is 0 Å². The molecule has 33 heavy (non-hydrogen) atoms. The number of fused-ring (bicyclic) bond motifs is 4. The molecule has 0 atom stereocenters. The number of halogens is 1. The van der Waals surface area contributed by atoms with E-state index in [1.54, 1.807) is 26.1 Å². The van der Waals surface area contributed by atoms with Crippen molar-refractivity contribution >= 4 is 22.5 Å². The Morgan fingerprint density at radius 2 is 1.88 bits per heavy atom. The van der Waals surface area contributed by atoms with E-state index in [9.17, 15) is 4.79 Å². The van der Waals surface area contributed by atoms with Gasteiger partial charge >= 0.3 is 0 Å². The highest BCUT2D eigenvalue weighted by atomic mass is 19.1. The van der Waals surface area contributed by atoms with Crippen LogP contribution in [0.15, 0.2) is 48.7 Å². The fraction of sp³-hybridized carbons (Fsp3) is 0.200. The van der Waals surface area contributed by atoms with Crippen molar-refractivity contribution in [2.45, 2.75) is 26.9 Å². The lowest BCUT2D eigenvalue weighted by Crippen LogP contribution is -2.24. The summed E-state index contributed by atoms with van der Waals surface area (Å²) in [5, 5.41) is 13.7. The molecular formula is C25H21FN6O. The molecule has 1 aliphatic heterocycles. The van der Waals surface area contributed by atoms with Gasteiger partial charge < -0.3 is 4.90 Å². The first-order chi connectivity index (χ1) is 15.9. The fourth-order valence-electron chi connectivity index (χ4n) is 4.73. The predicted molar refractivity (Wildman–Crippen MR) is 122 cm³/mol. The lowest BCUT2D eigenvalue weighted by Gasteiger charge is -2.16. The molecule has 164 valence electrons. The van der Waals surface area contributed by atoms with Crippen molar-refractivity contribution in [2.24, 2.45) is 7.05 Å². The molecule has 8 heteroatoms. The van der Waals surface area contributed by atoms with E-state index in [-0.39, 0.29) is 18.3 Å². The van der Waals surface area contributed by atoms with E-state index >= 15 is 4.39 Å². The number of hydrogen-bond donors (Lipinski definition) is 0. The van der Waals surface area contributed by atoms with Crippen molar-refractivity contribution in [2.75, 3.05) is 0 Å². The summed E-state index contributed by atoms with van der Waals surface area (Å²) >= 11 is 0. The minimum atomic E-state index is -0.328. The Kier molecular flexibility index (Phi) is 4.14. The maximum absolute atomic E-state index is 15.2. The number of aromatic nitrogens is 5. The van der Waals surface area contributed by atoms with Crippen LogP contribution in [-0.2, 0) is 20.1 Å². The summed E-state index contributed by atoms with van der Waals surface area (Å²) in [7, 11) is 1.89. The number of pyridine rings is 1. The summed E-state index contributed by atoms with van der Waals surface area (Å²) in [6.45, 7) is 4.45. The van der Waals surface area contributed by atoms with Gasteiger partial charge in [-0.05, 0) is 54.8 Å². The summed E-state index contributed by atoms with van der Waals surface area (Å²) in [5.74, 6) is 0.193. The zero-order valence-electron chi connectivity index (χ0n) is 18.5. The van der Waals surface area contributed by atoms with Gasteiger partial charge in [0.15, 0.2) is 5.65 Å². The molecule has 1 amide bonds. The number of benzene rings is 2. The third-order valence-electron chi connectivity index (χ3n) is 6.32. The standard InChI is InChI=1S/C25H21FN6O/c1-14-8-19(9-20-11-30(3)29-23(14)20)16-4-5-17(21(26)10-16)12-31-13-18-6-7-22-28-27-15(2)32(22)24(18)25(31)33/h4-11H,12-13H2,1-3H3. The van der Waals surface area contributed by atoms with E-state index in [0.717, 1.165) is 33.2 Å². The van der Waals surface area contributed by atoms with Crippen molar-refractivity contribution in [3.63, 3.8) is 0 Å². The van der Waals surface area contributed by atoms with Gasteiger partial charge in [0, 0.05) is 42.8 Å². The molecule has 3 aromatic heterocycles. The lowest BCUT2D eigenvalue weighted by atomic mass is 9.99. The molecule has 4 heterocycles. The summed E-state index contributed by atoms with van der Waals surface area (Å²) in [6.07, 6.45) is 1.96. The van der Waals surface area contributed by atoms with Crippen LogP contribution in [0.25, 0.3) is 27.7 Å². The normalized spacial score (nSPS) is 13.5. The van der Waals surface area contributed by atoms with Crippen LogP contribution in [0.1, 0.15) is 33.0 Å². The zero-order chi connectivity index (χ0) is 22.9. The summed E-state index contributed by atoms with van der Waals surface area (Å²) in [4.78, 5) is 14.8. The van der Waals surface area contributed by atoms with Gasteiger partial charge in [0.2, 0.25) is 0 Å². The van der Waals surface area contributed by atoms with E-state index < -0.39 is 0 Å². The molecule has 0 bridgehead atoms. The molecular weight excluding hydrogens is 419 g/mol. The van der Waals surface area contributed by atoms with Gasteiger partial charge in [0.1, 0.15) is 17.3 Å². The van der Waals surface area contributed by atoms with Crippen LogP contribution >= 0.6 is 0 Å². The number of rotatable bonds is 3. The summed E-state index contributed by atoms with van der Waals surface area (Å²) in [5.41, 5.74) is 6.30. The molecule has 2 aromatic carbocycles. The second kappa shape index (κ2) is 6.96. The van der Waals surface area contributed by atoms with Crippen molar-refractivity contribution in [1.29, 1.82) is 0 Å². The van der Waals surface area contributed by atoms with Gasteiger partial charge in [0.05, 0.1) is 5.52 Å². The molecule has 0 radical (unpaired) electrons. The highest BCUT2D eigenvalue weighted by Gasteiger charge is 2.31. The highest BCUT2D eigenvalue weighted by molar-refractivity contribution is 5.97. The van der Waals surface area contributed by atoms with Crippen molar-refractivity contribution in [3.05, 3.63) is 82.7 Å². The van der Waals surface area contributed by atoms with E-state index in [1.165, 1.54) is 0 Å². The molecule has 0 fully saturated rings. The van der Waals surface area contributed by atoms with Gasteiger partial charge in [0.25, 0.3) is 5.91 Å². The third kappa shape index (κ3) is 3.01. The first-order valence-corrected chi connectivity index (χ1v) is 10.7. The third-order valence-corrected chi connectivity index (χ3v) is 6.32. The molecule has 5 aromatic rings. The Morgan fingerprint density at radius 1 is 1.03 bits per heavy atom. The molecule has 7 nitrogen and oxygen atoms in total. The first kappa shape index (κ1) is 19.6. The predicted octanol–water partition coefficient (Wildman–Crippen LogP) is 4.19. The molecule has 0 aliphatic carbocycles. The monoisotopic (exact) mass is 440 g/mol. The number of amides is 1. The number of nitrogens with zero attached hydrogens (tertiary/aromatic N) is 6. The summed E-state index contributed by atoms with van der Waals surface area (Å²) < 4.78 is 18.7. The van der Waals surface area contributed by atoms with E-state index in [1.807, 2.05) is 57.4 Å². The largest absolute Gasteiger partial charge is 0.329 e. The molecule has 0 saturated carbocycles. The quantitative estimate of drug-likeness (QED) is 0.422. The Labute approximate surface area is 189 Å². The minimum absolute atomic E-state index is 0.139. The summed E-state index contributed by atoms with van der Waals surface area (Å²) in [6, 6.07) is 13.0. The number of carbonyl (C=O) groups is 1. The molecule has 1 aliphatic rings. The highest BCUT2D eigenvalue weighted by Crippen LogP contribution is 2.30. The SMILES string of the molecule is Cc1cc(-c2ccc(CN3Cc4ccc5nnc(C)n5c4C3=O)c(F)c2)cc2cn(C)nc12. The van der Waals surface area contributed by atoms with Gasteiger partial charge in [-0.2, -0.15) is 5.10 Å². The van der Waals surface area contributed by atoms with Crippen molar-refractivity contribution in [3.8, 4) is 11.1 Å². The average Bonchev–Trinajstić information content (AvgIpc) is 3.45. The molecule has 0 spiro atoms. The van der Waals surface area contributed by atoms with Crippen LogP contribution in [0.5, 0.6) is 0 Å². The van der Waals surface area contributed by atoms with E-state index in [4.69, 9.17) is 0 Å². The lowest BCUT2D eigenvalue weighted by molar-refractivity contribution is 0.0759. The van der Waals surface area contributed by atoms with Gasteiger partial charge in [-0.1, -0.05) is 18.2 Å². The Bertz CT molecular complexity index is 1600. The van der Waals surface area contributed by atoms with Crippen LogP contribution in [0.2, 0.25) is 0 Å². The first-order valence-electron chi connectivity index (χ1n) is 10.7. The maximum Gasteiger partial charge on any atom is 0.271 e. The number of hydrogen-bond acceptors (Lipinski definition) is 4. The Hall–Kier alpha value is -4.07. The second-order valence-electron chi connectivity index (χ2n) is 8.65. The van der Waals surface area contributed by atoms with Crippen LogP contribution in [0.4, 0.5) is 4.39 Å². The van der Waals surface area contributed by atoms with Crippen LogP contribution in [-0.4, -0.2) is 35.2 Å². The van der Waals surface area contributed by atoms with Gasteiger partial charge in [-0.3, -0.25) is 13.9 Å². The molecule has 0 N–H and O–H groups in total. The van der Waals surface area contributed by atoms with E-state index in [2.05, 4.69) is 15.3 Å². The van der Waals surface area contributed by atoms with Gasteiger partial charge in [-0.15, -0.1) is 10.2 Å². The average molecular weight is 440 g/mol. The van der Waals surface area contributed by atoms with Gasteiger partial charge in [-0.25, -0.2) is 4.39 Å². The fourth-order valence-corrected chi connectivity index (χ4v) is 4.73. The van der Waals surface area contributed by atoms with Crippen molar-refractivity contribution < 1.29 is 9.18 Å². The van der Waals surface area contributed by atoms with E-state index in [0.29, 0.717) is 29.3 Å². The minimum Gasteiger partial charge on any atom is -0.329 e. The van der Waals surface area contributed by atoms with Crippen LogP contribution in [0.3, 0.4) is 0 Å².